The van der Waals surface area contributed by atoms with Gasteiger partial charge in [-0.05, 0) is 54.2 Å². The zero-order valence-electron chi connectivity index (χ0n) is 16.6. The third kappa shape index (κ3) is 5.63. The minimum Gasteiger partial charge on any atom is -0.489 e. The van der Waals surface area contributed by atoms with Crippen molar-refractivity contribution in [2.45, 2.75) is 32.4 Å². The van der Waals surface area contributed by atoms with Crippen LogP contribution in [-0.2, 0) is 22.1 Å². The molecule has 2 aromatic rings. The molecule has 0 radical (unpaired) electrons. The summed E-state index contributed by atoms with van der Waals surface area (Å²) in [6, 6.07) is 11.7. The van der Waals surface area contributed by atoms with E-state index in [-0.39, 0.29) is 30.8 Å². The van der Waals surface area contributed by atoms with Crippen LogP contribution in [0, 0.1) is 6.92 Å². The second kappa shape index (κ2) is 9.34. The standard InChI is InChI=1S/C23H23F3O4/c1-15-2-4-16(5-3-15)20-14-29-11-10-18(20)13-30-19-8-6-17(7-9-22(27)28)21(12-19)23(24,25)26/h2-6,8,12H,7,9-11,13-14H2,1H3,(H,27,28). The first-order valence-electron chi connectivity index (χ1n) is 9.64. The number of alkyl halides is 3. The van der Waals surface area contributed by atoms with Gasteiger partial charge in [0, 0.05) is 6.42 Å². The molecule has 0 saturated carbocycles. The molecule has 0 aromatic heterocycles. The molecule has 0 aliphatic carbocycles. The highest BCUT2D eigenvalue weighted by Gasteiger charge is 2.33. The number of halogens is 3. The quantitative estimate of drug-likeness (QED) is 0.662. The molecule has 30 heavy (non-hydrogen) atoms. The maximum atomic E-state index is 13.4. The number of hydrogen-bond donors (Lipinski definition) is 1. The second-order valence-electron chi connectivity index (χ2n) is 7.25. The number of hydrogen-bond acceptors (Lipinski definition) is 3. The Hall–Kier alpha value is -2.80. The van der Waals surface area contributed by atoms with Gasteiger partial charge in [0.2, 0.25) is 0 Å². The fourth-order valence-electron chi connectivity index (χ4n) is 3.36. The smallest absolute Gasteiger partial charge is 0.416 e. The highest BCUT2D eigenvalue weighted by atomic mass is 19.4. The van der Waals surface area contributed by atoms with Crippen molar-refractivity contribution in [3.05, 3.63) is 70.3 Å². The minimum absolute atomic E-state index is 0.0529. The summed E-state index contributed by atoms with van der Waals surface area (Å²) in [5.41, 5.74) is 3.23. The van der Waals surface area contributed by atoms with E-state index >= 15 is 0 Å². The van der Waals surface area contributed by atoms with E-state index in [0.29, 0.717) is 19.6 Å². The summed E-state index contributed by atoms with van der Waals surface area (Å²) in [5.74, 6) is -1.04. The van der Waals surface area contributed by atoms with Crippen molar-refractivity contribution >= 4 is 11.5 Å². The van der Waals surface area contributed by atoms with E-state index in [2.05, 4.69) is 0 Å². The van der Waals surface area contributed by atoms with Gasteiger partial charge in [0.1, 0.15) is 12.4 Å². The normalized spacial score (nSPS) is 14.7. The first-order valence-corrected chi connectivity index (χ1v) is 9.64. The van der Waals surface area contributed by atoms with Gasteiger partial charge in [0.25, 0.3) is 0 Å². The number of benzene rings is 2. The maximum Gasteiger partial charge on any atom is 0.416 e. The van der Waals surface area contributed by atoms with Crippen molar-refractivity contribution in [1.82, 2.24) is 0 Å². The van der Waals surface area contributed by atoms with Crippen molar-refractivity contribution in [3.63, 3.8) is 0 Å². The van der Waals surface area contributed by atoms with Crippen molar-refractivity contribution < 1.29 is 32.5 Å². The molecule has 1 heterocycles. The van der Waals surface area contributed by atoms with Crippen LogP contribution in [0.25, 0.3) is 5.57 Å². The number of carboxylic acid groups (broad SMARTS) is 1. The molecule has 7 heteroatoms. The molecule has 1 aliphatic rings. The minimum atomic E-state index is -4.59. The van der Waals surface area contributed by atoms with Gasteiger partial charge in [0.05, 0.1) is 18.8 Å². The lowest BCUT2D eigenvalue weighted by Gasteiger charge is -2.22. The molecule has 3 rings (SSSR count). The van der Waals surface area contributed by atoms with E-state index in [1.165, 1.54) is 12.1 Å². The van der Waals surface area contributed by atoms with Crippen LogP contribution < -0.4 is 4.74 Å². The number of ether oxygens (including phenoxy) is 2. The molecule has 0 saturated heterocycles. The average molecular weight is 420 g/mol. The van der Waals surface area contributed by atoms with Gasteiger partial charge < -0.3 is 14.6 Å². The van der Waals surface area contributed by atoms with Gasteiger partial charge in [-0.15, -0.1) is 0 Å². The molecule has 2 aromatic carbocycles. The van der Waals surface area contributed by atoms with E-state index < -0.39 is 17.7 Å². The first kappa shape index (κ1) is 21.9. The van der Waals surface area contributed by atoms with Crippen LogP contribution in [0.3, 0.4) is 0 Å². The Kier molecular flexibility index (Phi) is 6.82. The maximum absolute atomic E-state index is 13.4. The second-order valence-corrected chi connectivity index (χ2v) is 7.25. The Labute approximate surface area is 172 Å². The van der Waals surface area contributed by atoms with Crippen LogP contribution in [0.4, 0.5) is 13.2 Å². The summed E-state index contributed by atoms with van der Waals surface area (Å²) in [6.07, 6.45) is -4.50. The van der Waals surface area contributed by atoms with E-state index in [9.17, 15) is 18.0 Å². The molecule has 0 amide bonds. The van der Waals surface area contributed by atoms with E-state index in [0.717, 1.165) is 28.3 Å². The predicted molar refractivity (Wildman–Crippen MR) is 106 cm³/mol. The van der Waals surface area contributed by atoms with E-state index in [1.54, 1.807) is 0 Å². The van der Waals surface area contributed by atoms with E-state index in [1.807, 2.05) is 31.2 Å². The molecule has 160 valence electrons. The van der Waals surface area contributed by atoms with Gasteiger partial charge in [-0.25, -0.2) is 0 Å². The van der Waals surface area contributed by atoms with Crippen molar-refractivity contribution in [3.8, 4) is 5.75 Å². The van der Waals surface area contributed by atoms with Crippen molar-refractivity contribution in [2.24, 2.45) is 0 Å². The van der Waals surface area contributed by atoms with Gasteiger partial charge in [0.15, 0.2) is 0 Å². The zero-order valence-corrected chi connectivity index (χ0v) is 16.6. The highest BCUT2D eigenvalue weighted by molar-refractivity contribution is 5.70. The summed E-state index contributed by atoms with van der Waals surface area (Å²) in [7, 11) is 0. The molecule has 0 spiro atoms. The lowest BCUT2D eigenvalue weighted by atomic mass is 9.96. The molecular weight excluding hydrogens is 397 g/mol. The predicted octanol–water partition coefficient (Wildman–Crippen LogP) is 5.28. The lowest BCUT2D eigenvalue weighted by molar-refractivity contribution is -0.140. The topological polar surface area (TPSA) is 55.8 Å². The largest absolute Gasteiger partial charge is 0.489 e. The number of rotatable bonds is 7. The average Bonchev–Trinajstić information content (AvgIpc) is 2.71. The Morgan fingerprint density at radius 1 is 1.17 bits per heavy atom. The van der Waals surface area contributed by atoms with Crippen LogP contribution in [0.15, 0.2) is 48.0 Å². The van der Waals surface area contributed by atoms with E-state index in [4.69, 9.17) is 14.6 Å². The molecule has 1 aliphatic heterocycles. The van der Waals surface area contributed by atoms with Crippen LogP contribution in [-0.4, -0.2) is 30.9 Å². The third-order valence-corrected chi connectivity index (χ3v) is 5.03. The van der Waals surface area contributed by atoms with Crippen molar-refractivity contribution in [1.29, 1.82) is 0 Å². The number of carbonyl (C=O) groups is 1. The first-order chi connectivity index (χ1) is 14.2. The molecule has 0 unspecified atom stereocenters. The number of aryl methyl sites for hydroxylation is 2. The SMILES string of the molecule is Cc1ccc(C2=C(COc3ccc(CCC(=O)O)c(C(F)(F)F)c3)CCOC2)cc1. The molecule has 4 nitrogen and oxygen atoms in total. The Bertz CT molecular complexity index is 930. The Morgan fingerprint density at radius 2 is 1.90 bits per heavy atom. The van der Waals surface area contributed by atoms with Crippen LogP contribution >= 0.6 is 0 Å². The summed E-state index contributed by atoms with van der Waals surface area (Å²) in [6.45, 7) is 3.13. The zero-order chi connectivity index (χ0) is 21.7. The summed E-state index contributed by atoms with van der Waals surface area (Å²) >= 11 is 0. The number of aliphatic carboxylic acids is 1. The lowest BCUT2D eigenvalue weighted by Crippen LogP contribution is -2.16. The molecular formula is C23H23F3O4. The summed E-state index contributed by atoms with van der Waals surface area (Å²) in [5, 5.41) is 8.76. The monoisotopic (exact) mass is 420 g/mol. The Balaban J connectivity index is 1.81. The summed E-state index contributed by atoms with van der Waals surface area (Å²) < 4.78 is 51.6. The van der Waals surface area contributed by atoms with Crippen LogP contribution in [0.2, 0.25) is 0 Å². The van der Waals surface area contributed by atoms with Gasteiger partial charge >= 0.3 is 12.1 Å². The third-order valence-electron chi connectivity index (χ3n) is 5.03. The van der Waals surface area contributed by atoms with Gasteiger partial charge in [-0.2, -0.15) is 13.2 Å². The van der Waals surface area contributed by atoms with Crippen molar-refractivity contribution in [2.75, 3.05) is 19.8 Å². The Morgan fingerprint density at radius 3 is 2.57 bits per heavy atom. The highest BCUT2D eigenvalue weighted by Crippen LogP contribution is 2.35. The fraction of sp³-hybridized carbons (Fsp3) is 0.348. The molecule has 0 bridgehead atoms. The molecule has 1 N–H and O–H groups in total. The fourth-order valence-corrected chi connectivity index (χ4v) is 3.36. The van der Waals surface area contributed by atoms with Crippen LogP contribution in [0.5, 0.6) is 5.75 Å². The van der Waals surface area contributed by atoms with Crippen LogP contribution in [0.1, 0.15) is 35.1 Å². The molecule has 0 atom stereocenters. The summed E-state index contributed by atoms with van der Waals surface area (Å²) in [4.78, 5) is 10.7. The number of carboxylic acids is 1. The molecule has 0 fully saturated rings. The van der Waals surface area contributed by atoms with Gasteiger partial charge in [-0.1, -0.05) is 35.9 Å². The van der Waals surface area contributed by atoms with Gasteiger partial charge in [-0.3, -0.25) is 4.79 Å².